The van der Waals surface area contributed by atoms with Crippen molar-refractivity contribution in [3.05, 3.63) is 59.6 Å². The fourth-order valence-electron chi connectivity index (χ4n) is 4.98. The Morgan fingerprint density at radius 3 is 2.68 bits per heavy atom. The lowest BCUT2D eigenvalue weighted by atomic mass is 9.77. The summed E-state index contributed by atoms with van der Waals surface area (Å²) >= 11 is 5.99. The minimum Gasteiger partial charge on any atom is -0.486 e. The van der Waals surface area contributed by atoms with E-state index in [0.29, 0.717) is 42.0 Å². The zero-order valence-electron chi connectivity index (χ0n) is 16.4. The summed E-state index contributed by atoms with van der Waals surface area (Å²) < 4.78 is 17.3. The Balaban J connectivity index is 1.27. The topological polar surface area (TPSA) is 77.1 Å². The third-order valence-corrected chi connectivity index (χ3v) is 6.60. The van der Waals surface area contributed by atoms with Crippen molar-refractivity contribution in [2.24, 2.45) is 11.8 Å². The van der Waals surface area contributed by atoms with E-state index in [1.807, 2.05) is 12.2 Å². The van der Waals surface area contributed by atoms with Gasteiger partial charge in [0.15, 0.2) is 11.5 Å². The summed E-state index contributed by atoms with van der Waals surface area (Å²) in [5.74, 6) is -0.298. The molecule has 4 aliphatic heterocycles. The van der Waals surface area contributed by atoms with Crippen LogP contribution in [0.1, 0.15) is 0 Å². The number of nitrogens with one attached hydrogen (secondary N) is 1. The van der Waals surface area contributed by atoms with Crippen LogP contribution in [-0.4, -0.2) is 43.3 Å². The van der Waals surface area contributed by atoms with E-state index in [9.17, 15) is 9.59 Å². The van der Waals surface area contributed by atoms with Crippen LogP contribution < -0.4 is 19.7 Å². The van der Waals surface area contributed by atoms with Gasteiger partial charge in [-0.25, -0.2) is 0 Å². The maximum atomic E-state index is 13.4. The molecule has 8 heteroatoms. The molecule has 7 nitrogen and oxygen atoms in total. The minimum absolute atomic E-state index is 0.114. The van der Waals surface area contributed by atoms with Crippen LogP contribution in [0.25, 0.3) is 0 Å². The normalized spacial score (nSPS) is 29.9. The van der Waals surface area contributed by atoms with Gasteiger partial charge in [0.05, 0.1) is 24.5 Å². The number of anilines is 2. The summed E-state index contributed by atoms with van der Waals surface area (Å²) in [6.07, 6.45) is 3.41. The second kappa shape index (κ2) is 6.73. The van der Waals surface area contributed by atoms with E-state index in [1.165, 1.54) is 0 Å². The van der Waals surface area contributed by atoms with Gasteiger partial charge < -0.3 is 24.4 Å². The molecule has 0 radical (unpaired) electrons. The van der Waals surface area contributed by atoms with E-state index < -0.39 is 23.5 Å². The standard InChI is InChI=1S/C23H19ClN2O5/c24-13-1-4-15(5-2-13)26-12-23-8-7-17(31-23)19(20(23)22(26)28)21(27)25-14-3-6-16-18(11-14)30-10-9-29-16/h1-8,11,17,19-20H,9-10,12H2,(H,25,27)/t17?,19?,20?,23-/m1/s1. The molecule has 2 aromatic carbocycles. The van der Waals surface area contributed by atoms with E-state index in [1.54, 1.807) is 47.4 Å². The number of rotatable bonds is 3. The fraction of sp³-hybridized carbons (Fsp3) is 0.304. The van der Waals surface area contributed by atoms with Gasteiger partial charge in [-0.1, -0.05) is 23.8 Å². The van der Waals surface area contributed by atoms with Gasteiger partial charge >= 0.3 is 0 Å². The second-order valence-electron chi connectivity index (χ2n) is 8.15. The predicted molar refractivity (Wildman–Crippen MR) is 114 cm³/mol. The van der Waals surface area contributed by atoms with Crippen LogP contribution in [0, 0.1) is 11.8 Å². The zero-order valence-corrected chi connectivity index (χ0v) is 17.2. The third-order valence-electron chi connectivity index (χ3n) is 6.35. The molecule has 2 bridgehead atoms. The maximum absolute atomic E-state index is 13.4. The highest BCUT2D eigenvalue weighted by molar-refractivity contribution is 6.30. The number of hydrogen-bond acceptors (Lipinski definition) is 5. The largest absolute Gasteiger partial charge is 0.486 e. The van der Waals surface area contributed by atoms with Crippen molar-refractivity contribution in [3.8, 4) is 11.5 Å². The van der Waals surface area contributed by atoms with Gasteiger partial charge in [0.25, 0.3) is 0 Å². The summed E-state index contributed by atoms with van der Waals surface area (Å²) in [5.41, 5.74) is 0.551. The first-order valence-electron chi connectivity index (χ1n) is 10.2. The maximum Gasteiger partial charge on any atom is 0.234 e. The Morgan fingerprint density at radius 1 is 1.10 bits per heavy atom. The molecule has 1 N–H and O–H groups in total. The lowest BCUT2D eigenvalue weighted by Crippen LogP contribution is -2.41. The third kappa shape index (κ3) is 2.84. The Labute approximate surface area is 183 Å². The Kier molecular flexibility index (Phi) is 4.07. The lowest BCUT2D eigenvalue weighted by Gasteiger charge is -2.24. The molecule has 0 aliphatic carbocycles. The van der Waals surface area contributed by atoms with Crippen molar-refractivity contribution in [1.82, 2.24) is 0 Å². The van der Waals surface area contributed by atoms with Crippen LogP contribution in [0.15, 0.2) is 54.6 Å². The van der Waals surface area contributed by atoms with Crippen molar-refractivity contribution >= 4 is 34.8 Å². The van der Waals surface area contributed by atoms with E-state index in [2.05, 4.69) is 5.32 Å². The van der Waals surface area contributed by atoms with Gasteiger partial charge in [-0.2, -0.15) is 0 Å². The van der Waals surface area contributed by atoms with Gasteiger partial charge in [-0.3, -0.25) is 9.59 Å². The number of fused-ring (bicyclic) bond motifs is 2. The average Bonchev–Trinajstić information content (AvgIpc) is 3.42. The Morgan fingerprint density at radius 2 is 1.87 bits per heavy atom. The van der Waals surface area contributed by atoms with Crippen LogP contribution in [0.4, 0.5) is 11.4 Å². The number of carbonyl (C=O) groups excluding carboxylic acids is 2. The van der Waals surface area contributed by atoms with Gasteiger partial charge in [0.2, 0.25) is 11.8 Å². The molecule has 4 heterocycles. The molecule has 4 aliphatic rings. The minimum atomic E-state index is -0.782. The molecule has 1 spiro atoms. The smallest absolute Gasteiger partial charge is 0.234 e. The fourth-order valence-corrected chi connectivity index (χ4v) is 5.11. The van der Waals surface area contributed by atoms with Crippen LogP contribution >= 0.6 is 11.6 Å². The molecule has 2 fully saturated rings. The number of amides is 2. The molecule has 3 unspecified atom stereocenters. The van der Waals surface area contributed by atoms with Crippen molar-refractivity contribution in [3.63, 3.8) is 0 Å². The highest BCUT2D eigenvalue weighted by Gasteiger charge is 2.67. The highest BCUT2D eigenvalue weighted by Crippen LogP contribution is 2.53. The van der Waals surface area contributed by atoms with Gasteiger partial charge in [-0.15, -0.1) is 0 Å². The van der Waals surface area contributed by atoms with Crippen molar-refractivity contribution < 1.29 is 23.8 Å². The molecule has 2 aromatic rings. The quantitative estimate of drug-likeness (QED) is 0.745. The Bertz CT molecular complexity index is 1120. The van der Waals surface area contributed by atoms with Gasteiger partial charge in [0.1, 0.15) is 18.8 Å². The van der Waals surface area contributed by atoms with E-state index >= 15 is 0 Å². The summed E-state index contributed by atoms with van der Waals surface area (Å²) in [6.45, 7) is 1.34. The summed E-state index contributed by atoms with van der Waals surface area (Å²) in [7, 11) is 0. The van der Waals surface area contributed by atoms with Crippen LogP contribution in [0.3, 0.4) is 0 Å². The predicted octanol–water partition coefficient (Wildman–Crippen LogP) is 3.04. The van der Waals surface area contributed by atoms with Crippen molar-refractivity contribution in [2.75, 3.05) is 30.0 Å². The first-order valence-corrected chi connectivity index (χ1v) is 10.6. The number of hydrogen-bond donors (Lipinski definition) is 1. The molecule has 6 rings (SSSR count). The lowest BCUT2D eigenvalue weighted by molar-refractivity contribution is -0.128. The first-order chi connectivity index (χ1) is 15.0. The van der Waals surface area contributed by atoms with E-state index in [4.69, 9.17) is 25.8 Å². The molecular formula is C23H19ClN2O5. The van der Waals surface area contributed by atoms with Crippen LogP contribution in [0.2, 0.25) is 5.02 Å². The monoisotopic (exact) mass is 438 g/mol. The molecule has 2 amide bonds. The second-order valence-corrected chi connectivity index (χ2v) is 8.58. The number of carbonyl (C=O) groups is 2. The highest BCUT2D eigenvalue weighted by atomic mass is 35.5. The van der Waals surface area contributed by atoms with Crippen LogP contribution in [-0.2, 0) is 14.3 Å². The molecule has 31 heavy (non-hydrogen) atoms. The number of halogens is 1. The summed E-state index contributed by atoms with van der Waals surface area (Å²) in [6, 6.07) is 12.4. The molecule has 4 atom stereocenters. The number of ether oxygens (including phenoxy) is 3. The zero-order chi connectivity index (χ0) is 21.2. The van der Waals surface area contributed by atoms with Crippen LogP contribution in [0.5, 0.6) is 11.5 Å². The average molecular weight is 439 g/mol. The molecule has 0 saturated carbocycles. The van der Waals surface area contributed by atoms with Crippen molar-refractivity contribution in [1.29, 1.82) is 0 Å². The number of benzene rings is 2. The number of nitrogens with zero attached hydrogens (tertiary/aromatic N) is 1. The molecular weight excluding hydrogens is 420 g/mol. The Hall–Kier alpha value is -3.03. The molecule has 2 saturated heterocycles. The van der Waals surface area contributed by atoms with Gasteiger partial charge in [-0.05, 0) is 36.4 Å². The molecule has 158 valence electrons. The first kappa shape index (κ1) is 18.7. The van der Waals surface area contributed by atoms with Gasteiger partial charge in [0, 0.05) is 22.5 Å². The van der Waals surface area contributed by atoms with E-state index in [-0.39, 0.29) is 11.8 Å². The van der Waals surface area contributed by atoms with E-state index in [0.717, 1.165) is 5.69 Å². The SMILES string of the molecule is O=C(Nc1ccc2c(c1)OCCO2)C1C2C=C[C@]3(CN(c4ccc(Cl)cc4)C(=O)C13)O2. The molecule has 0 aromatic heterocycles. The summed E-state index contributed by atoms with van der Waals surface area (Å²) in [4.78, 5) is 28.3. The summed E-state index contributed by atoms with van der Waals surface area (Å²) in [5, 5.41) is 3.53. The van der Waals surface area contributed by atoms with Crippen molar-refractivity contribution in [2.45, 2.75) is 11.7 Å².